The van der Waals surface area contributed by atoms with Crippen LogP contribution in [0.4, 0.5) is 0 Å². The van der Waals surface area contributed by atoms with Crippen molar-refractivity contribution in [1.82, 2.24) is 0 Å². The maximum atomic E-state index is 13.2. The fraction of sp³-hybridized carbons (Fsp3) is 0. The van der Waals surface area contributed by atoms with Gasteiger partial charge in [0.1, 0.15) is 0 Å². The Labute approximate surface area is 214 Å². The zero-order chi connectivity index (χ0) is 24.2. The van der Waals surface area contributed by atoms with E-state index in [1.54, 1.807) is 22.7 Å². The Morgan fingerprint density at radius 2 is 0.778 bits per heavy atom. The van der Waals surface area contributed by atoms with Crippen LogP contribution in [0.1, 0.15) is 0 Å². The van der Waals surface area contributed by atoms with Gasteiger partial charge >= 0.3 is 0 Å². The summed E-state index contributed by atoms with van der Waals surface area (Å²) in [6, 6.07) is 36.1. The van der Waals surface area contributed by atoms with Crippen molar-refractivity contribution in [3.63, 3.8) is 0 Å². The summed E-state index contributed by atoms with van der Waals surface area (Å²) >= 11 is 3.29. The van der Waals surface area contributed by atoms with Gasteiger partial charge in [-0.05, 0) is 76.9 Å². The molecule has 0 bridgehead atoms. The predicted octanol–water partition coefficient (Wildman–Crippen LogP) is 8.48. The molecule has 36 heavy (non-hydrogen) atoms. The van der Waals surface area contributed by atoms with E-state index >= 15 is 0 Å². The van der Waals surface area contributed by atoms with Crippen LogP contribution in [0, 0.1) is 0 Å². The molecule has 0 spiro atoms. The highest BCUT2D eigenvalue weighted by Gasteiger charge is 2.10. The summed E-state index contributed by atoms with van der Waals surface area (Å²) in [5.74, 6) is 0. The lowest BCUT2D eigenvalue weighted by Gasteiger charge is -2.09. The van der Waals surface area contributed by atoms with Gasteiger partial charge in [0, 0.05) is 40.3 Å². The molecule has 0 saturated carbocycles. The van der Waals surface area contributed by atoms with Gasteiger partial charge in [0.2, 0.25) is 0 Å². The first-order valence-corrected chi connectivity index (χ1v) is 13.3. The first kappa shape index (κ1) is 21.2. The molecule has 0 N–H and O–H groups in total. The lowest BCUT2D eigenvalue weighted by atomic mass is 9.97. The fourth-order valence-corrected chi connectivity index (χ4v) is 6.95. The molecule has 0 atom stereocenters. The minimum absolute atomic E-state index is 0.0725. The molecule has 0 saturated heterocycles. The number of benzene rings is 5. The minimum atomic E-state index is 0.0725. The summed E-state index contributed by atoms with van der Waals surface area (Å²) in [6.45, 7) is 0. The molecule has 7 rings (SSSR count). The van der Waals surface area contributed by atoms with Gasteiger partial charge in [0.25, 0.3) is 0 Å². The average Bonchev–Trinajstić information content (AvgIpc) is 2.93. The van der Waals surface area contributed by atoms with Crippen molar-refractivity contribution < 1.29 is 0 Å². The van der Waals surface area contributed by atoms with E-state index in [0.29, 0.717) is 0 Å². The van der Waals surface area contributed by atoms with Gasteiger partial charge in [-0.2, -0.15) is 0 Å². The molecular formula is C32H18O2S2. The third kappa shape index (κ3) is 3.38. The molecule has 2 aromatic heterocycles. The Kier molecular flexibility index (Phi) is 4.84. The second kappa shape index (κ2) is 8.23. The Morgan fingerprint density at radius 1 is 0.361 bits per heavy atom. The Morgan fingerprint density at radius 3 is 1.28 bits per heavy atom. The molecule has 0 radical (unpaired) electrons. The quantitative estimate of drug-likeness (QED) is 0.224. The van der Waals surface area contributed by atoms with Crippen LogP contribution >= 0.6 is 22.7 Å². The number of hydrogen-bond acceptors (Lipinski definition) is 4. The zero-order valence-electron chi connectivity index (χ0n) is 19.0. The van der Waals surface area contributed by atoms with Crippen LogP contribution < -0.4 is 10.9 Å². The van der Waals surface area contributed by atoms with Crippen molar-refractivity contribution >= 4 is 63.0 Å². The summed E-state index contributed by atoms with van der Waals surface area (Å²) in [4.78, 5) is 26.4. The number of hydrogen-bond donors (Lipinski definition) is 0. The second-order valence-corrected chi connectivity index (χ2v) is 11.0. The van der Waals surface area contributed by atoms with Gasteiger partial charge in [-0.1, -0.05) is 54.6 Å². The molecule has 0 unspecified atom stereocenters. The summed E-state index contributed by atoms with van der Waals surface area (Å²) in [5.41, 5.74) is 4.23. The van der Waals surface area contributed by atoms with Crippen molar-refractivity contribution in [2.75, 3.05) is 0 Å². The van der Waals surface area contributed by atoms with Gasteiger partial charge in [-0.3, -0.25) is 9.59 Å². The monoisotopic (exact) mass is 498 g/mol. The van der Waals surface area contributed by atoms with Crippen molar-refractivity contribution in [1.29, 1.82) is 0 Å². The van der Waals surface area contributed by atoms with Crippen LogP contribution in [-0.2, 0) is 0 Å². The minimum Gasteiger partial charge on any atom is -0.289 e. The maximum Gasteiger partial charge on any atom is 0.195 e. The van der Waals surface area contributed by atoms with E-state index in [4.69, 9.17) is 0 Å². The van der Waals surface area contributed by atoms with Crippen LogP contribution in [0.2, 0.25) is 0 Å². The molecule has 0 aliphatic carbocycles. The highest BCUT2D eigenvalue weighted by Crippen LogP contribution is 2.33. The molecule has 0 amide bonds. The molecule has 0 aliphatic rings. The van der Waals surface area contributed by atoms with E-state index in [0.717, 1.165) is 62.6 Å². The van der Waals surface area contributed by atoms with Crippen molar-refractivity contribution in [2.24, 2.45) is 0 Å². The standard InChI is InChI=1S/C32H18O2S2/c33-31-23-8-1-3-10-27(23)35-29-14-12-21(17-25(29)31)19-6-5-7-20(16-19)22-13-15-30-26(18-22)32(34)24-9-2-4-11-28(24)36-30/h1-18H. The zero-order valence-corrected chi connectivity index (χ0v) is 20.7. The first-order chi connectivity index (χ1) is 17.7. The Bertz CT molecular complexity index is 1950. The normalized spacial score (nSPS) is 11.6. The van der Waals surface area contributed by atoms with E-state index in [9.17, 15) is 9.59 Å². The highest BCUT2D eigenvalue weighted by molar-refractivity contribution is 7.24. The lowest BCUT2D eigenvalue weighted by molar-refractivity contribution is 1.61. The molecule has 7 aromatic rings. The molecule has 170 valence electrons. The van der Waals surface area contributed by atoms with E-state index < -0.39 is 0 Å². The van der Waals surface area contributed by atoms with Crippen LogP contribution in [0.25, 0.3) is 62.6 Å². The molecule has 4 heteroatoms. The van der Waals surface area contributed by atoms with E-state index in [1.807, 2.05) is 78.9 Å². The van der Waals surface area contributed by atoms with Crippen LogP contribution in [-0.4, -0.2) is 0 Å². The topological polar surface area (TPSA) is 34.1 Å². The highest BCUT2D eigenvalue weighted by atomic mass is 32.1. The lowest BCUT2D eigenvalue weighted by Crippen LogP contribution is -2.01. The number of rotatable bonds is 2. The molecule has 0 fully saturated rings. The van der Waals surface area contributed by atoms with Gasteiger partial charge in [0.15, 0.2) is 10.9 Å². The van der Waals surface area contributed by atoms with Gasteiger partial charge in [-0.15, -0.1) is 22.7 Å². The summed E-state index contributed by atoms with van der Waals surface area (Å²) in [6.07, 6.45) is 0. The van der Waals surface area contributed by atoms with E-state index in [1.165, 1.54) is 0 Å². The maximum absolute atomic E-state index is 13.2. The fourth-order valence-electron chi connectivity index (χ4n) is 4.84. The second-order valence-electron chi connectivity index (χ2n) is 8.86. The predicted molar refractivity (Wildman–Crippen MR) is 156 cm³/mol. The molecule has 2 heterocycles. The smallest absolute Gasteiger partial charge is 0.195 e. The van der Waals surface area contributed by atoms with Crippen LogP contribution in [0.3, 0.4) is 0 Å². The molecule has 0 aliphatic heterocycles. The SMILES string of the molecule is O=c1c2ccccc2sc2ccc(-c3cccc(-c4ccc5sc6ccccc6c(=O)c5c4)c3)cc12. The summed E-state index contributed by atoms with van der Waals surface area (Å²) < 4.78 is 3.99. The first-order valence-electron chi connectivity index (χ1n) is 11.7. The number of fused-ring (bicyclic) bond motifs is 4. The molecule has 5 aromatic carbocycles. The van der Waals surface area contributed by atoms with Crippen LogP contribution in [0.5, 0.6) is 0 Å². The van der Waals surface area contributed by atoms with Gasteiger partial charge in [-0.25, -0.2) is 0 Å². The van der Waals surface area contributed by atoms with Gasteiger partial charge in [0.05, 0.1) is 0 Å². The van der Waals surface area contributed by atoms with Gasteiger partial charge < -0.3 is 0 Å². The third-order valence-corrected chi connectivity index (χ3v) is 8.98. The van der Waals surface area contributed by atoms with Crippen molar-refractivity contribution in [2.45, 2.75) is 0 Å². The van der Waals surface area contributed by atoms with E-state index in [2.05, 4.69) is 30.3 Å². The van der Waals surface area contributed by atoms with Crippen molar-refractivity contribution in [3.05, 3.63) is 130 Å². The Balaban J connectivity index is 1.36. The summed E-state index contributed by atoms with van der Waals surface area (Å²) in [5, 5.41) is 3.02. The molecule has 2 nitrogen and oxygen atoms in total. The molecular weight excluding hydrogens is 480 g/mol. The van der Waals surface area contributed by atoms with Crippen molar-refractivity contribution in [3.8, 4) is 22.3 Å². The average molecular weight is 499 g/mol. The van der Waals surface area contributed by atoms with E-state index in [-0.39, 0.29) is 10.9 Å². The summed E-state index contributed by atoms with van der Waals surface area (Å²) in [7, 11) is 0. The largest absolute Gasteiger partial charge is 0.289 e. The Hall–Kier alpha value is -4.12. The third-order valence-electron chi connectivity index (χ3n) is 6.68. The van der Waals surface area contributed by atoms with Crippen LogP contribution in [0.15, 0.2) is 119 Å².